The van der Waals surface area contributed by atoms with Gasteiger partial charge in [-0.25, -0.2) is 0 Å². The van der Waals surface area contributed by atoms with E-state index < -0.39 is 0 Å². The van der Waals surface area contributed by atoms with E-state index in [1.165, 1.54) is 13.1 Å². The minimum atomic E-state index is 0. The first-order valence-corrected chi connectivity index (χ1v) is 1.85. The van der Waals surface area contributed by atoms with E-state index in [9.17, 15) is 0 Å². The molecule has 45 valence electrons. The zero-order valence-corrected chi connectivity index (χ0v) is 7.87. The zero-order chi connectivity index (χ0) is 6.12. The fourth-order valence-corrected chi connectivity index (χ4v) is 0. The Morgan fingerprint density at radius 3 is 1.62 bits per heavy atom. The number of rotatable bonds is 0. The van der Waals surface area contributed by atoms with Crippen molar-refractivity contribution in [1.29, 1.82) is 0 Å². The molecule has 0 saturated carbocycles. The number of aldehydes is 1. The average Bonchev–Trinajstić information content (AvgIpc) is 1.69. The molecule has 0 spiro atoms. The first-order chi connectivity index (χ1) is 3.33. The van der Waals surface area contributed by atoms with Crippen molar-refractivity contribution < 1.29 is 42.7 Å². The van der Waals surface area contributed by atoms with Gasteiger partial charge in [0.1, 0.15) is 6.29 Å². The topological polar surface area (TPSA) is 49.7 Å². The summed E-state index contributed by atoms with van der Waals surface area (Å²) in [5, 5.41) is 10.1. The van der Waals surface area contributed by atoms with Crippen LogP contribution in [0.2, 0.25) is 0 Å². The molecule has 1 radical (unpaired) electrons. The van der Waals surface area contributed by atoms with Gasteiger partial charge in [0.05, 0.1) is 0 Å². The molecule has 0 aliphatic carbocycles. The predicted molar refractivity (Wildman–Crippen MR) is 27.7 cm³/mol. The van der Waals surface area contributed by atoms with Gasteiger partial charge in [-0.3, -0.25) is 0 Å². The minimum absolute atomic E-state index is 0. The fraction of sp³-hybridized carbons (Fsp3) is 0.500. The van der Waals surface area contributed by atoms with Crippen molar-refractivity contribution in [2.75, 3.05) is 0 Å². The van der Waals surface area contributed by atoms with E-state index in [2.05, 4.69) is 5.16 Å². The third kappa shape index (κ3) is 111. The minimum Gasteiger partial charge on any atom is -0.411 e. The van der Waals surface area contributed by atoms with Crippen molar-refractivity contribution >= 4 is 12.5 Å². The van der Waals surface area contributed by atoms with Crippen molar-refractivity contribution in [2.24, 2.45) is 5.16 Å². The summed E-state index contributed by atoms with van der Waals surface area (Å²) in [4.78, 5) is 8.81. The number of oxime groups is 1. The second-order valence-electron chi connectivity index (χ2n) is 0.609. The quantitative estimate of drug-likeness (QED) is 0.265. The van der Waals surface area contributed by atoms with Crippen LogP contribution in [0.4, 0.5) is 0 Å². The molecule has 0 atom stereocenters. The maximum atomic E-state index is 8.81. The van der Waals surface area contributed by atoms with Crippen molar-refractivity contribution in [3.63, 3.8) is 0 Å². The van der Waals surface area contributed by atoms with Gasteiger partial charge in [0.2, 0.25) is 0 Å². The van der Waals surface area contributed by atoms with Gasteiger partial charge >= 0.3 is 0 Å². The van der Waals surface area contributed by atoms with E-state index in [0.29, 0.717) is 0 Å². The summed E-state index contributed by atoms with van der Waals surface area (Å²) in [5.41, 5.74) is 0. The van der Waals surface area contributed by atoms with E-state index >= 15 is 0 Å². The van der Waals surface area contributed by atoms with Gasteiger partial charge in [-0.1, -0.05) is 0 Å². The van der Waals surface area contributed by atoms with Crippen LogP contribution < -0.4 is 0 Å². The standard InChI is InChI=1S/C2H5NO.C2H4O.Y/c1-2-3-4;1-2-3;/h2,4H,1H3;2H,1H3;. The Kier molecular flexibility index (Phi) is 52.8. The number of nitrogens with zero attached hydrogens (tertiary/aromatic N) is 1. The molecule has 0 aromatic carbocycles. The normalized spacial score (nSPS) is 6.25. The van der Waals surface area contributed by atoms with Gasteiger partial charge in [-0.2, -0.15) is 0 Å². The number of hydrogen-bond acceptors (Lipinski definition) is 3. The van der Waals surface area contributed by atoms with Gasteiger partial charge < -0.3 is 10.0 Å². The van der Waals surface area contributed by atoms with Crippen molar-refractivity contribution in [2.45, 2.75) is 13.8 Å². The summed E-state index contributed by atoms with van der Waals surface area (Å²) in [6.07, 6.45) is 2.06. The summed E-state index contributed by atoms with van der Waals surface area (Å²) in [7, 11) is 0. The Hall–Kier alpha value is 0.244. The van der Waals surface area contributed by atoms with Crippen LogP contribution in [0.5, 0.6) is 0 Å². The monoisotopic (exact) mass is 192 g/mol. The maximum absolute atomic E-state index is 8.81. The van der Waals surface area contributed by atoms with E-state index in [0.717, 1.165) is 6.29 Å². The van der Waals surface area contributed by atoms with Crippen LogP contribution in [0.15, 0.2) is 5.16 Å². The Bertz CT molecular complexity index is 52.0. The first-order valence-electron chi connectivity index (χ1n) is 1.85. The predicted octanol–water partition coefficient (Wildman–Crippen LogP) is 0.669. The Labute approximate surface area is 74.0 Å². The second-order valence-corrected chi connectivity index (χ2v) is 0.609. The average molecular weight is 192 g/mol. The molecule has 0 amide bonds. The van der Waals surface area contributed by atoms with Crippen LogP contribution in [0, 0.1) is 0 Å². The Balaban J connectivity index is -0.0000000575. The zero-order valence-electron chi connectivity index (χ0n) is 5.03. The molecular formula is C4H9NO2Y. The van der Waals surface area contributed by atoms with Crippen LogP contribution >= 0.6 is 0 Å². The Morgan fingerprint density at radius 1 is 1.50 bits per heavy atom. The SMILES string of the molecule is CC=NO.CC=O.[Y]. The first kappa shape index (κ1) is 15.7. The van der Waals surface area contributed by atoms with E-state index in [1.54, 1.807) is 6.92 Å². The van der Waals surface area contributed by atoms with Crippen molar-refractivity contribution in [3.05, 3.63) is 0 Å². The molecule has 0 aliphatic rings. The summed E-state index contributed by atoms with van der Waals surface area (Å²) >= 11 is 0. The number of carbonyl (C=O) groups is 1. The molecule has 0 rings (SSSR count). The molecule has 1 N–H and O–H groups in total. The van der Waals surface area contributed by atoms with Crippen LogP contribution in [0.1, 0.15) is 13.8 Å². The summed E-state index contributed by atoms with van der Waals surface area (Å²) in [6.45, 7) is 3.08. The molecule has 0 aromatic rings. The van der Waals surface area contributed by atoms with Crippen LogP contribution in [-0.2, 0) is 37.5 Å². The molecule has 0 fully saturated rings. The van der Waals surface area contributed by atoms with E-state index in [4.69, 9.17) is 10.0 Å². The molecule has 8 heavy (non-hydrogen) atoms. The summed E-state index contributed by atoms with van der Waals surface area (Å²) < 4.78 is 0. The molecule has 0 aromatic heterocycles. The second kappa shape index (κ2) is 26.8. The van der Waals surface area contributed by atoms with E-state index in [-0.39, 0.29) is 32.7 Å². The molecule has 4 heteroatoms. The van der Waals surface area contributed by atoms with Crippen molar-refractivity contribution in [1.82, 2.24) is 0 Å². The van der Waals surface area contributed by atoms with Crippen molar-refractivity contribution in [3.8, 4) is 0 Å². The largest absolute Gasteiger partial charge is 0.411 e. The molecule has 0 unspecified atom stereocenters. The summed E-state index contributed by atoms with van der Waals surface area (Å²) in [5.74, 6) is 0. The van der Waals surface area contributed by atoms with Crippen LogP contribution in [-0.4, -0.2) is 17.7 Å². The van der Waals surface area contributed by atoms with Gasteiger partial charge in [0.25, 0.3) is 0 Å². The number of carbonyl (C=O) groups excluding carboxylic acids is 1. The van der Waals surface area contributed by atoms with Crippen LogP contribution in [0.25, 0.3) is 0 Å². The molecule has 3 nitrogen and oxygen atoms in total. The van der Waals surface area contributed by atoms with Gasteiger partial charge in [0.15, 0.2) is 0 Å². The molecule has 0 heterocycles. The molecule has 0 saturated heterocycles. The molecular weight excluding hydrogens is 183 g/mol. The Morgan fingerprint density at radius 2 is 1.62 bits per heavy atom. The fourth-order valence-electron chi connectivity index (χ4n) is 0. The third-order valence-corrected chi connectivity index (χ3v) is 0.115. The van der Waals surface area contributed by atoms with Gasteiger partial charge in [-0.05, 0) is 13.8 Å². The molecule has 0 aliphatic heterocycles. The van der Waals surface area contributed by atoms with Crippen LogP contribution in [0.3, 0.4) is 0 Å². The number of hydrogen-bond donors (Lipinski definition) is 1. The van der Waals surface area contributed by atoms with Gasteiger partial charge in [0, 0.05) is 38.9 Å². The smallest absolute Gasteiger partial charge is 0.116 e. The van der Waals surface area contributed by atoms with E-state index in [1.807, 2.05) is 0 Å². The van der Waals surface area contributed by atoms with Gasteiger partial charge in [-0.15, -0.1) is 5.16 Å². The molecule has 0 bridgehead atoms. The third-order valence-electron chi connectivity index (χ3n) is 0.115. The summed E-state index contributed by atoms with van der Waals surface area (Å²) in [6, 6.07) is 0. The maximum Gasteiger partial charge on any atom is 0.116 e.